The number of amides is 3. The smallest absolute Gasteiger partial charge is 0.338 e. The van der Waals surface area contributed by atoms with E-state index < -0.39 is 18.5 Å². The molecule has 1 heterocycles. The van der Waals surface area contributed by atoms with Gasteiger partial charge in [-0.2, -0.15) is 0 Å². The molecule has 1 saturated heterocycles. The maximum absolute atomic E-state index is 12.7. The van der Waals surface area contributed by atoms with Gasteiger partial charge in [-0.1, -0.05) is 48.6 Å². The molecule has 3 aromatic rings. The van der Waals surface area contributed by atoms with Crippen LogP contribution in [0.1, 0.15) is 23.2 Å². The van der Waals surface area contributed by atoms with E-state index in [2.05, 4.69) is 5.32 Å². The van der Waals surface area contributed by atoms with Crippen molar-refractivity contribution in [2.24, 2.45) is 11.8 Å². The Labute approximate surface area is 196 Å². The van der Waals surface area contributed by atoms with Crippen molar-refractivity contribution in [1.82, 2.24) is 0 Å². The van der Waals surface area contributed by atoms with Crippen molar-refractivity contribution in [1.29, 1.82) is 0 Å². The number of fused-ring (bicyclic) bond motifs is 2. The molecule has 34 heavy (non-hydrogen) atoms. The van der Waals surface area contributed by atoms with Crippen molar-refractivity contribution >= 4 is 45.8 Å². The van der Waals surface area contributed by atoms with Crippen LogP contribution in [0.4, 0.5) is 11.4 Å². The highest BCUT2D eigenvalue weighted by atomic mass is 16.5. The molecule has 0 spiro atoms. The molecule has 2 atom stereocenters. The fourth-order valence-electron chi connectivity index (χ4n) is 4.54. The van der Waals surface area contributed by atoms with Gasteiger partial charge in [0.15, 0.2) is 6.61 Å². The molecule has 1 fully saturated rings. The second kappa shape index (κ2) is 8.94. The Morgan fingerprint density at radius 3 is 2.21 bits per heavy atom. The zero-order chi connectivity index (χ0) is 23.7. The van der Waals surface area contributed by atoms with E-state index >= 15 is 0 Å². The highest BCUT2D eigenvalue weighted by molar-refractivity contribution is 6.22. The van der Waals surface area contributed by atoms with Gasteiger partial charge in [0.2, 0.25) is 11.8 Å². The molecule has 0 aromatic heterocycles. The molecule has 5 rings (SSSR count). The Balaban J connectivity index is 1.21. The lowest BCUT2D eigenvalue weighted by Gasteiger charge is -2.15. The van der Waals surface area contributed by atoms with Gasteiger partial charge in [-0.25, -0.2) is 4.79 Å². The standard InChI is InChI=1S/C27H22N2O5/c30-24(28-23-11-5-7-17-6-1-2-8-20(17)23)16-34-27(33)18-12-14-19(15-13-18)29-25(31)21-9-3-4-10-22(21)26(29)32/h1-8,11-15,21-22H,9-10,16H2,(H,28,30)/t21-,22+. The van der Waals surface area contributed by atoms with Crippen LogP contribution in [0, 0.1) is 11.8 Å². The van der Waals surface area contributed by atoms with Gasteiger partial charge in [0.05, 0.1) is 23.1 Å². The quantitative estimate of drug-likeness (QED) is 0.356. The largest absolute Gasteiger partial charge is 0.452 e. The summed E-state index contributed by atoms with van der Waals surface area (Å²) in [6, 6.07) is 19.3. The van der Waals surface area contributed by atoms with Crippen LogP contribution in [0.3, 0.4) is 0 Å². The Kier molecular flexibility index (Phi) is 5.67. The third-order valence-corrected chi connectivity index (χ3v) is 6.27. The van der Waals surface area contributed by atoms with E-state index in [1.165, 1.54) is 17.0 Å². The lowest BCUT2D eigenvalue weighted by atomic mass is 9.85. The number of esters is 1. The normalized spacial score (nSPS) is 19.2. The predicted octanol–water partition coefficient (Wildman–Crippen LogP) is 4.09. The molecule has 1 N–H and O–H groups in total. The maximum atomic E-state index is 12.7. The predicted molar refractivity (Wildman–Crippen MR) is 127 cm³/mol. The van der Waals surface area contributed by atoms with Crippen LogP contribution in [-0.2, 0) is 19.1 Å². The van der Waals surface area contributed by atoms with Gasteiger partial charge in [-0.05, 0) is 48.6 Å². The molecule has 170 valence electrons. The summed E-state index contributed by atoms with van der Waals surface area (Å²) in [6.07, 6.45) is 5.00. The molecule has 0 bridgehead atoms. The topological polar surface area (TPSA) is 92.8 Å². The van der Waals surface area contributed by atoms with Gasteiger partial charge in [0.25, 0.3) is 5.91 Å². The average Bonchev–Trinajstić information content (AvgIpc) is 3.13. The van der Waals surface area contributed by atoms with E-state index in [1.54, 1.807) is 18.2 Å². The van der Waals surface area contributed by atoms with Gasteiger partial charge in [-0.15, -0.1) is 0 Å². The average molecular weight is 454 g/mol. The first-order valence-electron chi connectivity index (χ1n) is 11.1. The minimum Gasteiger partial charge on any atom is -0.452 e. The molecular weight excluding hydrogens is 432 g/mol. The van der Waals surface area contributed by atoms with Gasteiger partial charge >= 0.3 is 5.97 Å². The summed E-state index contributed by atoms with van der Waals surface area (Å²) in [7, 11) is 0. The molecule has 3 aromatic carbocycles. The number of imide groups is 1. The summed E-state index contributed by atoms with van der Waals surface area (Å²) in [4.78, 5) is 51.4. The van der Waals surface area contributed by atoms with E-state index in [0.717, 1.165) is 10.8 Å². The van der Waals surface area contributed by atoms with E-state index in [4.69, 9.17) is 4.74 Å². The minimum absolute atomic E-state index is 0.209. The van der Waals surface area contributed by atoms with E-state index in [0.29, 0.717) is 24.2 Å². The molecular formula is C27H22N2O5. The summed E-state index contributed by atoms with van der Waals surface area (Å²) < 4.78 is 5.15. The molecule has 0 saturated carbocycles. The van der Waals surface area contributed by atoms with Crippen LogP contribution in [0.2, 0.25) is 0 Å². The molecule has 1 aliphatic heterocycles. The zero-order valence-electron chi connectivity index (χ0n) is 18.3. The number of benzene rings is 3. The van der Waals surface area contributed by atoms with Crippen LogP contribution >= 0.6 is 0 Å². The number of rotatable bonds is 5. The number of hydrogen-bond donors (Lipinski definition) is 1. The number of allylic oxidation sites excluding steroid dienone is 2. The second-order valence-corrected chi connectivity index (χ2v) is 8.37. The lowest BCUT2D eigenvalue weighted by molar-refractivity contribution is -0.122. The monoisotopic (exact) mass is 454 g/mol. The van der Waals surface area contributed by atoms with E-state index in [9.17, 15) is 19.2 Å². The number of nitrogens with one attached hydrogen (secondary N) is 1. The first kappa shape index (κ1) is 21.6. The van der Waals surface area contributed by atoms with Crippen molar-refractivity contribution in [3.8, 4) is 0 Å². The van der Waals surface area contributed by atoms with Crippen molar-refractivity contribution < 1.29 is 23.9 Å². The van der Waals surface area contributed by atoms with Gasteiger partial charge < -0.3 is 10.1 Å². The van der Waals surface area contributed by atoms with Crippen LogP contribution in [0.5, 0.6) is 0 Å². The third-order valence-electron chi connectivity index (χ3n) is 6.27. The van der Waals surface area contributed by atoms with E-state index in [-0.39, 0.29) is 29.2 Å². The molecule has 7 heteroatoms. The van der Waals surface area contributed by atoms with Crippen molar-refractivity contribution in [2.75, 3.05) is 16.8 Å². The second-order valence-electron chi connectivity index (χ2n) is 8.37. The number of anilines is 2. The zero-order valence-corrected chi connectivity index (χ0v) is 18.3. The fraction of sp³-hybridized carbons (Fsp3) is 0.185. The Morgan fingerprint density at radius 2 is 1.50 bits per heavy atom. The summed E-state index contributed by atoms with van der Waals surface area (Å²) in [5.74, 6) is -2.17. The molecule has 3 amide bonds. The van der Waals surface area contributed by atoms with Gasteiger partial charge in [0.1, 0.15) is 0 Å². The summed E-state index contributed by atoms with van der Waals surface area (Å²) in [5.41, 5.74) is 1.29. The molecule has 0 unspecified atom stereocenters. The van der Waals surface area contributed by atoms with E-state index in [1.807, 2.05) is 48.6 Å². The van der Waals surface area contributed by atoms with Gasteiger partial charge in [-0.3, -0.25) is 19.3 Å². The van der Waals surface area contributed by atoms with Crippen LogP contribution < -0.4 is 10.2 Å². The summed E-state index contributed by atoms with van der Waals surface area (Å²) in [6.45, 7) is -0.441. The van der Waals surface area contributed by atoms with Crippen molar-refractivity contribution in [3.63, 3.8) is 0 Å². The maximum Gasteiger partial charge on any atom is 0.338 e. The lowest BCUT2D eigenvalue weighted by Crippen LogP contribution is -2.30. The number of nitrogens with zero attached hydrogens (tertiary/aromatic N) is 1. The molecule has 2 aliphatic rings. The SMILES string of the molecule is O=C(COC(=O)c1ccc(N2C(=O)[C@H]3CC=CC[C@H]3C2=O)cc1)Nc1cccc2ccccc12. The van der Waals surface area contributed by atoms with Crippen LogP contribution in [-0.4, -0.2) is 30.3 Å². The Hall–Kier alpha value is -4.26. The molecule has 1 aliphatic carbocycles. The highest BCUT2D eigenvalue weighted by Gasteiger charge is 2.47. The summed E-state index contributed by atoms with van der Waals surface area (Å²) in [5, 5.41) is 4.65. The first-order valence-corrected chi connectivity index (χ1v) is 11.1. The van der Waals surface area contributed by atoms with Crippen molar-refractivity contribution in [3.05, 3.63) is 84.4 Å². The Bertz CT molecular complexity index is 1300. The third kappa shape index (κ3) is 3.96. The number of carbonyl (C=O) groups excluding carboxylic acids is 4. The van der Waals surface area contributed by atoms with Crippen LogP contribution in [0.15, 0.2) is 78.9 Å². The number of carbonyl (C=O) groups is 4. The molecule has 0 radical (unpaired) electrons. The van der Waals surface area contributed by atoms with Gasteiger partial charge in [0, 0.05) is 11.1 Å². The first-order chi connectivity index (χ1) is 16.5. The Morgan fingerprint density at radius 1 is 0.853 bits per heavy atom. The minimum atomic E-state index is -0.670. The summed E-state index contributed by atoms with van der Waals surface area (Å²) >= 11 is 0. The fourth-order valence-corrected chi connectivity index (χ4v) is 4.54. The van der Waals surface area contributed by atoms with Crippen molar-refractivity contribution in [2.45, 2.75) is 12.8 Å². The van der Waals surface area contributed by atoms with Crippen LogP contribution in [0.25, 0.3) is 10.8 Å². The number of hydrogen-bond acceptors (Lipinski definition) is 5. The molecule has 7 nitrogen and oxygen atoms in total. The number of ether oxygens (including phenoxy) is 1. The highest BCUT2D eigenvalue weighted by Crippen LogP contribution is 2.37.